The molecular formula is C30H28ClN3O7S. The number of carboxylic acids is 1. The number of hydrogen-bond acceptors (Lipinski definition) is 7. The summed E-state index contributed by atoms with van der Waals surface area (Å²) in [6, 6.07) is 12.6. The molecule has 1 aliphatic rings. The number of anilines is 1. The van der Waals surface area contributed by atoms with E-state index in [1.165, 1.54) is 30.3 Å². The number of carboxylic acid groups (broad SMARTS) is 1. The van der Waals surface area contributed by atoms with Crippen LogP contribution in [0.15, 0.2) is 53.4 Å². The summed E-state index contributed by atoms with van der Waals surface area (Å²) in [5.41, 5.74) is 3.60. The lowest BCUT2D eigenvalue weighted by Crippen LogP contribution is -2.36. The quantitative estimate of drug-likeness (QED) is 0.160. The number of imide groups is 1. The Morgan fingerprint density at radius 2 is 1.79 bits per heavy atom. The van der Waals surface area contributed by atoms with E-state index in [0.29, 0.717) is 12.0 Å². The topological polar surface area (TPSA) is 135 Å². The zero-order chi connectivity index (χ0) is 30.6. The van der Waals surface area contributed by atoms with Crippen molar-refractivity contribution in [3.05, 3.63) is 86.5 Å². The Bertz CT molecular complexity index is 1610. The van der Waals surface area contributed by atoms with E-state index < -0.39 is 35.5 Å². The van der Waals surface area contributed by atoms with Crippen LogP contribution < -0.4 is 5.32 Å². The van der Waals surface area contributed by atoms with Crippen molar-refractivity contribution in [3.8, 4) is 5.69 Å². The number of benzene rings is 2. The van der Waals surface area contributed by atoms with Gasteiger partial charge in [-0.3, -0.25) is 19.3 Å². The Labute approximate surface area is 251 Å². The van der Waals surface area contributed by atoms with Crippen LogP contribution in [-0.2, 0) is 14.3 Å². The molecule has 0 atom stereocenters. The molecule has 1 aliphatic heterocycles. The third-order valence-electron chi connectivity index (χ3n) is 6.51. The van der Waals surface area contributed by atoms with Gasteiger partial charge in [0.2, 0.25) is 5.91 Å². The predicted octanol–water partition coefficient (Wildman–Crippen LogP) is 6.08. The second-order valence-corrected chi connectivity index (χ2v) is 10.9. The molecule has 2 N–H and O–H groups in total. The van der Waals surface area contributed by atoms with E-state index in [0.717, 1.165) is 40.2 Å². The van der Waals surface area contributed by atoms with E-state index in [4.69, 9.17) is 21.4 Å². The number of amides is 3. The Kier molecular flexibility index (Phi) is 9.54. The summed E-state index contributed by atoms with van der Waals surface area (Å²) in [4.78, 5) is 63.1. The van der Waals surface area contributed by atoms with Gasteiger partial charge in [-0.05, 0) is 92.2 Å². The zero-order valence-corrected chi connectivity index (χ0v) is 24.7. The van der Waals surface area contributed by atoms with Crippen molar-refractivity contribution in [1.29, 1.82) is 0 Å². The Balaban J connectivity index is 1.46. The molecule has 218 valence electrons. The highest BCUT2D eigenvalue weighted by molar-refractivity contribution is 8.18. The third-order valence-corrected chi connectivity index (χ3v) is 7.74. The molecule has 12 heteroatoms. The number of aromatic carboxylic acids is 1. The number of carbonyl (C=O) groups is 5. The maximum atomic E-state index is 13.1. The molecule has 2 heterocycles. The van der Waals surface area contributed by atoms with Gasteiger partial charge in [0, 0.05) is 22.8 Å². The van der Waals surface area contributed by atoms with E-state index in [2.05, 4.69) is 5.32 Å². The van der Waals surface area contributed by atoms with Crippen LogP contribution >= 0.6 is 23.4 Å². The molecular weight excluding hydrogens is 582 g/mol. The normalized spacial score (nSPS) is 14.0. The number of esters is 1. The van der Waals surface area contributed by atoms with Crippen molar-refractivity contribution in [2.45, 2.75) is 33.6 Å². The number of halogens is 1. The number of carbonyl (C=O) groups excluding carboxylic acids is 4. The standard InChI is InChI=1S/C30H28ClN3O7S/c1-4-5-12-41-29(39)23-15-21(8-11-24(23)31)32-26(35)16-33-27(36)25(42-30(33)40)14-20-13-17(2)34(18(20)3)22-9-6-19(7-10-22)28(37)38/h6-11,13-15H,4-5,12,16H2,1-3H3,(H,32,35)(H,37,38)/b25-14+. The van der Waals surface area contributed by atoms with E-state index >= 15 is 0 Å². The fraction of sp³-hybridized carbons (Fsp3) is 0.233. The van der Waals surface area contributed by atoms with Crippen molar-refractivity contribution in [3.63, 3.8) is 0 Å². The van der Waals surface area contributed by atoms with E-state index in [1.54, 1.807) is 18.2 Å². The third kappa shape index (κ3) is 6.75. The molecule has 1 saturated heterocycles. The zero-order valence-electron chi connectivity index (χ0n) is 23.1. The van der Waals surface area contributed by atoms with Crippen molar-refractivity contribution in [2.75, 3.05) is 18.5 Å². The van der Waals surface area contributed by atoms with Gasteiger partial charge in [0.05, 0.1) is 27.7 Å². The molecule has 0 saturated carbocycles. The number of ether oxygens (including phenoxy) is 1. The smallest absolute Gasteiger partial charge is 0.339 e. The van der Waals surface area contributed by atoms with Crippen LogP contribution in [0.5, 0.6) is 0 Å². The van der Waals surface area contributed by atoms with Crippen molar-refractivity contribution >= 4 is 64.1 Å². The van der Waals surface area contributed by atoms with Gasteiger partial charge in [0.25, 0.3) is 11.1 Å². The molecule has 42 heavy (non-hydrogen) atoms. The van der Waals surface area contributed by atoms with Crippen LogP contribution in [-0.4, -0.2) is 56.7 Å². The van der Waals surface area contributed by atoms with E-state index in [1.807, 2.05) is 31.4 Å². The fourth-order valence-electron chi connectivity index (χ4n) is 4.35. The molecule has 2 aromatic carbocycles. The molecule has 0 aliphatic carbocycles. The van der Waals surface area contributed by atoms with Gasteiger partial charge in [-0.1, -0.05) is 24.9 Å². The Morgan fingerprint density at radius 3 is 2.45 bits per heavy atom. The highest BCUT2D eigenvalue weighted by atomic mass is 35.5. The van der Waals surface area contributed by atoms with Crippen LogP contribution in [0.25, 0.3) is 11.8 Å². The van der Waals surface area contributed by atoms with Crippen LogP contribution in [0.2, 0.25) is 5.02 Å². The molecule has 4 rings (SSSR count). The van der Waals surface area contributed by atoms with Crippen LogP contribution in [0.3, 0.4) is 0 Å². The maximum absolute atomic E-state index is 13.1. The molecule has 0 bridgehead atoms. The van der Waals surface area contributed by atoms with Crippen LogP contribution in [0.1, 0.15) is 57.4 Å². The summed E-state index contributed by atoms with van der Waals surface area (Å²) in [6.07, 6.45) is 3.17. The minimum atomic E-state index is -1.02. The summed E-state index contributed by atoms with van der Waals surface area (Å²) in [5, 5.41) is 11.3. The number of thioether (sulfide) groups is 1. The largest absolute Gasteiger partial charge is 0.478 e. The predicted molar refractivity (Wildman–Crippen MR) is 160 cm³/mol. The number of nitrogens with zero attached hydrogens (tertiary/aromatic N) is 2. The molecule has 1 fully saturated rings. The first-order valence-electron chi connectivity index (χ1n) is 13.0. The second-order valence-electron chi connectivity index (χ2n) is 9.51. The number of rotatable bonds is 10. The second kappa shape index (κ2) is 13.1. The molecule has 0 unspecified atom stereocenters. The number of aryl methyl sites for hydroxylation is 1. The molecule has 3 aromatic rings. The summed E-state index contributed by atoms with van der Waals surface area (Å²) in [5.74, 6) is -2.87. The van der Waals surface area contributed by atoms with Gasteiger partial charge in [-0.15, -0.1) is 0 Å². The monoisotopic (exact) mass is 609 g/mol. The van der Waals surface area contributed by atoms with Crippen molar-refractivity contribution in [1.82, 2.24) is 9.47 Å². The van der Waals surface area contributed by atoms with Crippen LogP contribution in [0, 0.1) is 13.8 Å². The molecule has 0 radical (unpaired) electrons. The number of unbranched alkanes of at least 4 members (excludes halogenated alkanes) is 1. The average Bonchev–Trinajstić information content (AvgIpc) is 3.38. The van der Waals surface area contributed by atoms with Crippen molar-refractivity contribution < 1.29 is 33.8 Å². The lowest BCUT2D eigenvalue weighted by molar-refractivity contribution is -0.127. The number of aromatic nitrogens is 1. The van der Waals surface area contributed by atoms with E-state index in [9.17, 15) is 24.0 Å². The molecule has 3 amide bonds. The summed E-state index contributed by atoms with van der Waals surface area (Å²) in [6.45, 7) is 5.42. The minimum absolute atomic E-state index is 0.0927. The first-order valence-corrected chi connectivity index (χ1v) is 14.2. The lowest BCUT2D eigenvalue weighted by atomic mass is 10.2. The Morgan fingerprint density at radius 1 is 1.07 bits per heavy atom. The maximum Gasteiger partial charge on any atom is 0.339 e. The van der Waals surface area contributed by atoms with Crippen molar-refractivity contribution in [2.24, 2.45) is 0 Å². The van der Waals surface area contributed by atoms with Gasteiger partial charge in [-0.25, -0.2) is 9.59 Å². The number of hydrogen-bond donors (Lipinski definition) is 2. The summed E-state index contributed by atoms with van der Waals surface area (Å²) < 4.78 is 7.11. The van der Waals surface area contributed by atoms with Gasteiger partial charge >= 0.3 is 11.9 Å². The lowest BCUT2D eigenvalue weighted by Gasteiger charge is -2.13. The average molecular weight is 610 g/mol. The van der Waals surface area contributed by atoms with Crippen LogP contribution in [0.4, 0.5) is 10.5 Å². The first kappa shape index (κ1) is 30.6. The van der Waals surface area contributed by atoms with E-state index in [-0.39, 0.29) is 33.3 Å². The molecule has 10 nitrogen and oxygen atoms in total. The molecule has 1 aromatic heterocycles. The number of nitrogens with one attached hydrogen (secondary N) is 1. The fourth-order valence-corrected chi connectivity index (χ4v) is 5.38. The van der Waals surface area contributed by atoms with Gasteiger partial charge in [-0.2, -0.15) is 0 Å². The summed E-state index contributed by atoms with van der Waals surface area (Å²) in [7, 11) is 0. The van der Waals surface area contributed by atoms with Gasteiger partial charge < -0.3 is 19.7 Å². The SMILES string of the molecule is CCCCOC(=O)c1cc(NC(=O)CN2C(=O)S/C(=C/c3cc(C)n(-c4ccc(C(=O)O)cc4)c3C)C2=O)ccc1Cl. The minimum Gasteiger partial charge on any atom is -0.478 e. The summed E-state index contributed by atoms with van der Waals surface area (Å²) >= 11 is 6.86. The Hall–Kier alpha value is -4.35. The van der Waals surface area contributed by atoms with Gasteiger partial charge in [0.1, 0.15) is 6.54 Å². The first-order chi connectivity index (χ1) is 20.0. The highest BCUT2D eigenvalue weighted by Crippen LogP contribution is 2.34. The highest BCUT2D eigenvalue weighted by Gasteiger charge is 2.36. The van der Waals surface area contributed by atoms with Gasteiger partial charge in [0.15, 0.2) is 0 Å². The molecule has 0 spiro atoms.